The summed E-state index contributed by atoms with van der Waals surface area (Å²) < 4.78 is 0. The van der Waals surface area contributed by atoms with Gasteiger partial charge in [0.2, 0.25) is 0 Å². The van der Waals surface area contributed by atoms with E-state index in [0.29, 0.717) is 6.04 Å². The van der Waals surface area contributed by atoms with Crippen molar-refractivity contribution in [3.05, 3.63) is 0 Å². The van der Waals surface area contributed by atoms with E-state index in [2.05, 4.69) is 5.32 Å². The zero-order valence-corrected chi connectivity index (χ0v) is 7.92. The highest BCUT2D eigenvalue weighted by Gasteiger charge is 2.18. The van der Waals surface area contributed by atoms with Gasteiger partial charge in [0, 0.05) is 19.1 Å². The van der Waals surface area contributed by atoms with Gasteiger partial charge in [0.25, 0.3) is 0 Å². The summed E-state index contributed by atoms with van der Waals surface area (Å²) in [7, 11) is 0. The fourth-order valence-corrected chi connectivity index (χ4v) is 0.311. The van der Waals surface area contributed by atoms with Crippen LogP contribution in [0.1, 0.15) is 20.8 Å². The number of carboxylic acids is 1. The summed E-state index contributed by atoms with van der Waals surface area (Å²) in [4.78, 5) is 10.0. The molecule has 1 rings (SSSR count). The van der Waals surface area contributed by atoms with Gasteiger partial charge in [-0.3, -0.25) is 4.79 Å². The van der Waals surface area contributed by atoms with Gasteiger partial charge < -0.3 is 16.2 Å². The van der Waals surface area contributed by atoms with Gasteiger partial charge in [-0.05, 0) is 20.8 Å². The lowest BCUT2D eigenvalue weighted by Crippen LogP contribution is -2.52. The molecule has 0 aliphatic carbocycles. The molecule has 0 radical (unpaired) electrons. The number of rotatable bonds is 0. The van der Waals surface area contributed by atoms with Crippen molar-refractivity contribution < 1.29 is 9.90 Å². The van der Waals surface area contributed by atoms with E-state index in [1.165, 1.54) is 0 Å². The van der Waals surface area contributed by atoms with E-state index < -0.39 is 11.4 Å². The van der Waals surface area contributed by atoms with Crippen LogP contribution in [0.5, 0.6) is 0 Å². The number of carboxylic acid groups (broad SMARTS) is 1. The number of aliphatic carboxylic acids is 1. The normalized spacial score (nSPS) is 17.3. The van der Waals surface area contributed by atoms with Gasteiger partial charge in [-0.25, -0.2) is 0 Å². The van der Waals surface area contributed by atoms with Crippen LogP contribution in [0, 0.1) is 5.41 Å². The molecule has 0 spiro atoms. The van der Waals surface area contributed by atoms with Crippen molar-refractivity contribution in [1.29, 1.82) is 0 Å². The molecule has 0 bridgehead atoms. The zero-order chi connectivity index (χ0) is 9.78. The molecule has 0 amide bonds. The van der Waals surface area contributed by atoms with Gasteiger partial charge in [0.05, 0.1) is 5.41 Å². The van der Waals surface area contributed by atoms with Crippen LogP contribution in [0.15, 0.2) is 0 Å². The van der Waals surface area contributed by atoms with Gasteiger partial charge >= 0.3 is 5.97 Å². The molecule has 72 valence electrons. The van der Waals surface area contributed by atoms with Crippen molar-refractivity contribution in [3.63, 3.8) is 0 Å². The summed E-state index contributed by atoms with van der Waals surface area (Å²) >= 11 is 0. The van der Waals surface area contributed by atoms with Gasteiger partial charge in [-0.15, -0.1) is 0 Å². The number of carbonyl (C=O) groups is 1. The Hall–Kier alpha value is -0.610. The molecular formula is C8H18N2O2. The first-order valence-corrected chi connectivity index (χ1v) is 4.03. The van der Waals surface area contributed by atoms with Gasteiger partial charge in [0.1, 0.15) is 0 Å². The maximum absolute atomic E-state index is 10.0. The number of hydrogen-bond donors (Lipinski definition) is 3. The summed E-state index contributed by atoms with van der Waals surface area (Å²) in [5.74, 6) is -0.757. The minimum atomic E-state index is -0.757. The molecular weight excluding hydrogens is 156 g/mol. The first-order valence-electron chi connectivity index (χ1n) is 4.03. The van der Waals surface area contributed by atoms with E-state index in [4.69, 9.17) is 10.8 Å². The molecule has 4 nitrogen and oxygen atoms in total. The van der Waals surface area contributed by atoms with E-state index >= 15 is 0 Å². The number of hydrogen-bond acceptors (Lipinski definition) is 3. The Morgan fingerprint density at radius 3 is 1.75 bits per heavy atom. The molecule has 0 saturated carbocycles. The molecule has 0 aromatic heterocycles. The fraction of sp³-hybridized carbons (Fsp3) is 0.875. The van der Waals surface area contributed by atoms with Crippen LogP contribution in [-0.2, 0) is 4.79 Å². The van der Waals surface area contributed by atoms with Gasteiger partial charge in [-0.1, -0.05) is 0 Å². The van der Waals surface area contributed by atoms with E-state index in [-0.39, 0.29) is 0 Å². The van der Waals surface area contributed by atoms with Crippen LogP contribution in [0.4, 0.5) is 0 Å². The highest BCUT2D eigenvalue weighted by molar-refractivity contribution is 5.72. The van der Waals surface area contributed by atoms with Crippen molar-refractivity contribution in [2.45, 2.75) is 26.8 Å². The number of nitrogens with one attached hydrogen (secondary N) is 1. The van der Waals surface area contributed by atoms with Crippen LogP contribution in [0.25, 0.3) is 0 Å². The summed E-state index contributed by atoms with van der Waals surface area (Å²) in [5, 5.41) is 11.3. The average Bonchev–Trinajstić information content (AvgIpc) is 1.83. The third-order valence-corrected chi connectivity index (χ3v) is 1.45. The van der Waals surface area contributed by atoms with Crippen molar-refractivity contribution in [1.82, 2.24) is 5.32 Å². The third-order valence-electron chi connectivity index (χ3n) is 1.45. The Morgan fingerprint density at radius 1 is 1.50 bits per heavy atom. The third kappa shape index (κ3) is 5.09. The Balaban J connectivity index is 0.000000211. The summed E-state index contributed by atoms with van der Waals surface area (Å²) in [5.41, 5.74) is 4.73. The maximum Gasteiger partial charge on any atom is 0.308 e. The molecule has 1 aliphatic heterocycles. The summed E-state index contributed by atoms with van der Waals surface area (Å²) in [6.45, 7) is 7.01. The predicted octanol–water partition coefficient (Wildman–Crippen LogP) is 0.0340. The van der Waals surface area contributed by atoms with E-state index in [0.717, 1.165) is 13.1 Å². The van der Waals surface area contributed by atoms with Crippen LogP contribution >= 0.6 is 0 Å². The van der Waals surface area contributed by atoms with Crippen molar-refractivity contribution in [2.24, 2.45) is 11.1 Å². The first-order chi connectivity index (χ1) is 5.34. The Bertz CT molecular complexity index is 148. The number of nitrogens with two attached hydrogens (primary N) is 1. The first kappa shape index (κ1) is 11.4. The second kappa shape index (κ2) is 4.42. The molecule has 4 N–H and O–H groups in total. The Kier molecular flexibility index (Phi) is 4.20. The summed E-state index contributed by atoms with van der Waals surface area (Å²) in [6, 6.07) is 0.454. The van der Waals surface area contributed by atoms with E-state index in [1.807, 2.05) is 0 Å². The molecule has 0 unspecified atom stereocenters. The molecule has 12 heavy (non-hydrogen) atoms. The minimum absolute atomic E-state index is 0.454. The van der Waals surface area contributed by atoms with Gasteiger partial charge in [-0.2, -0.15) is 0 Å². The minimum Gasteiger partial charge on any atom is -0.481 e. The lowest BCUT2D eigenvalue weighted by atomic mass is 9.98. The fourth-order valence-electron chi connectivity index (χ4n) is 0.311. The molecule has 0 aromatic rings. The highest BCUT2D eigenvalue weighted by atomic mass is 16.4. The van der Waals surface area contributed by atoms with E-state index in [9.17, 15) is 4.79 Å². The Labute approximate surface area is 73.1 Å². The largest absolute Gasteiger partial charge is 0.481 e. The molecule has 4 heteroatoms. The molecule has 1 heterocycles. The van der Waals surface area contributed by atoms with Crippen LogP contribution in [-0.4, -0.2) is 30.2 Å². The zero-order valence-electron chi connectivity index (χ0n) is 7.92. The van der Waals surface area contributed by atoms with Crippen LogP contribution in [0.2, 0.25) is 0 Å². The van der Waals surface area contributed by atoms with Crippen LogP contribution < -0.4 is 11.1 Å². The molecule has 0 atom stereocenters. The Morgan fingerprint density at radius 2 is 1.75 bits per heavy atom. The molecule has 0 aromatic carbocycles. The molecule has 1 saturated heterocycles. The topological polar surface area (TPSA) is 75.3 Å². The van der Waals surface area contributed by atoms with Gasteiger partial charge in [0.15, 0.2) is 0 Å². The van der Waals surface area contributed by atoms with Crippen molar-refractivity contribution >= 4 is 5.97 Å². The highest BCUT2D eigenvalue weighted by Crippen LogP contribution is 2.11. The van der Waals surface area contributed by atoms with Crippen LogP contribution in [0.3, 0.4) is 0 Å². The average molecular weight is 174 g/mol. The smallest absolute Gasteiger partial charge is 0.308 e. The predicted molar refractivity (Wildman–Crippen MR) is 47.9 cm³/mol. The lowest BCUT2D eigenvalue weighted by Gasteiger charge is -2.21. The molecule has 1 fully saturated rings. The SMILES string of the molecule is CC(C)(C)C(=O)O.NC1CNC1. The quantitative estimate of drug-likeness (QED) is 0.484. The van der Waals surface area contributed by atoms with Crippen molar-refractivity contribution in [2.75, 3.05) is 13.1 Å². The standard InChI is InChI=1S/C5H10O2.C3H8N2/c1-5(2,3)4(6)7;4-3-1-5-2-3/h1-3H3,(H,6,7);3,5H,1-2,4H2. The lowest BCUT2D eigenvalue weighted by molar-refractivity contribution is -0.145. The second-order valence-corrected chi connectivity index (χ2v) is 3.97. The maximum atomic E-state index is 10.0. The monoisotopic (exact) mass is 174 g/mol. The summed E-state index contributed by atoms with van der Waals surface area (Å²) in [6.07, 6.45) is 0. The molecule has 1 aliphatic rings. The second-order valence-electron chi connectivity index (χ2n) is 3.97. The van der Waals surface area contributed by atoms with E-state index in [1.54, 1.807) is 20.8 Å². The van der Waals surface area contributed by atoms with Crippen molar-refractivity contribution in [3.8, 4) is 0 Å².